The summed E-state index contributed by atoms with van der Waals surface area (Å²) in [6.45, 7) is 6.46. The Labute approximate surface area is 158 Å². The number of ether oxygens (including phenoxy) is 1. The molecule has 0 aliphatic carbocycles. The zero-order valence-electron chi connectivity index (χ0n) is 15.1. The number of rotatable bonds is 9. The van der Waals surface area contributed by atoms with Gasteiger partial charge >= 0.3 is 0 Å². The first-order chi connectivity index (χ1) is 12.7. The third-order valence-electron chi connectivity index (χ3n) is 4.35. The van der Waals surface area contributed by atoms with Crippen molar-refractivity contribution in [1.29, 1.82) is 0 Å². The maximum absolute atomic E-state index is 13.1. The maximum Gasteiger partial charge on any atom is 0.123 e. The van der Waals surface area contributed by atoms with Crippen LogP contribution in [0.1, 0.15) is 12.8 Å². The molecule has 0 aliphatic heterocycles. The molecule has 4 heteroatoms. The lowest BCUT2D eigenvalue weighted by molar-refractivity contribution is 0.288. The van der Waals surface area contributed by atoms with Crippen LogP contribution in [0, 0.1) is 5.82 Å². The first-order valence-electron chi connectivity index (χ1n) is 8.87. The Morgan fingerprint density at radius 1 is 1.15 bits per heavy atom. The van der Waals surface area contributed by atoms with Gasteiger partial charge in [-0.25, -0.2) is 4.39 Å². The van der Waals surface area contributed by atoms with Crippen LogP contribution in [-0.2, 0) is 0 Å². The van der Waals surface area contributed by atoms with Gasteiger partial charge in [0.25, 0.3) is 0 Å². The zero-order valence-corrected chi connectivity index (χ0v) is 15.9. The van der Waals surface area contributed by atoms with Crippen LogP contribution in [0.4, 0.5) is 4.39 Å². The number of halogens is 1. The molecule has 0 unspecified atom stereocenters. The molecule has 0 N–H and O–H groups in total. The van der Waals surface area contributed by atoms with Gasteiger partial charge in [-0.3, -0.25) is 0 Å². The van der Waals surface area contributed by atoms with Crippen molar-refractivity contribution < 1.29 is 9.13 Å². The molecule has 0 amide bonds. The molecular formula is C22H24FNOS. The first kappa shape index (κ1) is 18.6. The number of likely N-dealkylation sites (N-methyl/N-ethyl adjacent to an activating group) is 1. The van der Waals surface area contributed by atoms with E-state index in [9.17, 15) is 4.39 Å². The SMILES string of the molecule is C=CCN(C)CCCCOc1ccc2c(-c3ccc(F)cc3)csc2c1. The lowest BCUT2D eigenvalue weighted by Gasteiger charge is -2.13. The van der Waals surface area contributed by atoms with E-state index in [1.54, 1.807) is 11.3 Å². The Balaban J connectivity index is 1.58. The van der Waals surface area contributed by atoms with Crippen LogP contribution < -0.4 is 4.74 Å². The summed E-state index contributed by atoms with van der Waals surface area (Å²) in [6, 6.07) is 12.9. The highest BCUT2D eigenvalue weighted by Gasteiger charge is 2.08. The summed E-state index contributed by atoms with van der Waals surface area (Å²) < 4.78 is 20.2. The van der Waals surface area contributed by atoms with Gasteiger partial charge in [-0.1, -0.05) is 18.2 Å². The number of nitrogens with zero attached hydrogens (tertiary/aromatic N) is 1. The molecule has 0 spiro atoms. The third-order valence-corrected chi connectivity index (χ3v) is 5.29. The van der Waals surface area contributed by atoms with E-state index in [1.165, 1.54) is 22.2 Å². The van der Waals surface area contributed by atoms with Gasteiger partial charge in [0.1, 0.15) is 11.6 Å². The minimum atomic E-state index is -0.209. The molecular weight excluding hydrogens is 345 g/mol. The fraction of sp³-hybridized carbons (Fsp3) is 0.273. The Hall–Kier alpha value is -2.17. The summed E-state index contributed by atoms with van der Waals surface area (Å²) in [5.74, 6) is 0.698. The fourth-order valence-electron chi connectivity index (χ4n) is 2.94. The molecule has 3 aromatic rings. The molecule has 0 saturated heterocycles. The minimum Gasteiger partial charge on any atom is -0.494 e. The third kappa shape index (κ3) is 4.71. The normalized spacial score (nSPS) is 11.2. The molecule has 1 aromatic heterocycles. The number of unbranched alkanes of at least 4 members (excludes halogenated alkanes) is 1. The van der Waals surface area contributed by atoms with Crippen LogP contribution in [0.2, 0.25) is 0 Å². The second-order valence-electron chi connectivity index (χ2n) is 6.42. The predicted octanol–water partition coefficient (Wildman–Crippen LogP) is 5.98. The number of benzene rings is 2. The summed E-state index contributed by atoms with van der Waals surface area (Å²) in [5.41, 5.74) is 2.18. The molecule has 0 atom stereocenters. The quantitative estimate of drug-likeness (QED) is 0.340. The highest BCUT2D eigenvalue weighted by Crippen LogP contribution is 2.36. The molecule has 2 aromatic carbocycles. The Morgan fingerprint density at radius 3 is 2.73 bits per heavy atom. The second-order valence-corrected chi connectivity index (χ2v) is 7.33. The summed E-state index contributed by atoms with van der Waals surface area (Å²) in [6.07, 6.45) is 4.07. The van der Waals surface area contributed by atoms with Crippen LogP contribution in [0.5, 0.6) is 5.75 Å². The van der Waals surface area contributed by atoms with Gasteiger partial charge in [0.15, 0.2) is 0 Å². The average molecular weight is 370 g/mol. The van der Waals surface area contributed by atoms with Crippen molar-refractivity contribution in [3.05, 3.63) is 66.3 Å². The van der Waals surface area contributed by atoms with Crippen LogP contribution in [0.15, 0.2) is 60.5 Å². The number of hydrogen-bond donors (Lipinski definition) is 0. The molecule has 0 fully saturated rings. The zero-order chi connectivity index (χ0) is 18.4. The standard InChI is InChI=1S/C22H24FNOS/c1-3-12-24(2)13-4-5-14-25-19-10-11-20-21(16-26-22(20)15-19)17-6-8-18(23)9-7-17/h3,6-11,15-16H,1,4-5,12-14H2,2H3. The van der Waals surface area contributed by atoms with E-state index in [4.69, 9.17) is 4.74 Å². The molecule has 0 aliphatic rings. The first-order valence-corrected chi connectivity index (χ1v) is 9.75. The van der Waals surface area contributed by atoms with Crippen LogP contribution in [0.3, 0.4) is 0 Å². The summed E-state index contributed by atoms with van der Waals surface area (Å²) >= 11 is 1.69. The van der Waals surface area contributed by atoms with Gasteiger partial charge in [0.2, 0.25) is 0 Å². The van der Waals surface area contributed by atoms with Crippen LogP contribution in [0.25, 0.3) is 21.2 Å². The second kappa shape index (κ2) is 8.97. The van der Waals surface area contributed by atoms with Crippen molar-refractivity contribution in [3.63, 3.8) is 0 Å². The fourth-order valence-corrected chi connectivity index (χ4v) is 3.93. The van der Waals surface area contributed by atoms with Gasteiger partial charge in [-0.2, -0.15) is 0 Å². The molecule has 0 radical (unpaired) electrons. The number of hydrogen-bond acceptors (Lipinski definition) is 3. The highest BCUT2D eigenvalue weighted by atomic mass is 32.1. The van der Waals surface area contributed by atoms with Gasteiger partial charge in [-0.05, 0) is 67.7 Å². The van der Waals surface area contributed by atoms with Crippen molar-refractivity contribution in [2.45, 2.75) is 12.8 Å². The number of thiophene rings is 1. The summed E-state index contributed by atoms with van der Waals surface area (Å²) in [5, 5.41) is 3.30. The van der Waals surface area contributed by atoms with Crippen molar-refractivity contribution >= 4 is 21.4 Å². The van der Waals surface area contributed by atoms with E-state index in [1.807, 2.05) is 24.3 Å². The van der Waals surface area contributed by atoms with E-state index >= 15 is 0 Å². The van der Waals surface area contributed by atoms with Crippen molar-refractivity contribution in [2.75, 3.05) is 26.7 Å². The predicted molar refractivity (Wildman–Crippen MR) is 110 cm³/mol. The Bertz CT molecular complexity index is 856. The van der Waals surface area contributed by atoms with Gasteiger partial charge in [-0.15, -0.1) is 17.9 Å². The van der Waals surface area contributed by atoms with Crippen molar-refractivity contribution in [2.24, 2.45) is 0 Å². The minimum absolute atomic E-state index is 0.209. The van der Waals surface area contributed by atoms with E-state index in [0.29, 0.717) is 0 Å². The molecule has 0 saturated carbocycles. The van der Waals surface area contributed by atoms with E-state index in [2.05, 4.69) is 36.0 Å². The summed E-state index contributed by atoms with van der Waals surface area (Å²) in [4.78, 5) is 2.25. The monoisotopic (exact) mass is 369 g/mol. The molecule has 1 heterocycles. The lowest BCUT2D eigenvalue weighted by Crippen LogP contribution is -2.19. The average Bonchev–Trinajstić information content (AvgIpc) is 3.05. The number of fused-ring (bicyclic) bond motifs is 1. The molecule has 0 bridgehead atoms. The molecule has 3 rings (SSSR count). The topological polar surface area (TPSA) is 12.5 Å². The van der Waals surface area contributed by atoms with Crippen LogP contribution >= 0.6 is 11.3 Å². The van der Waals surface area contributed by atoms with E-state index in [0.717, 1.165) is 49.4 Å². The Kier molecular flexibility index (Phi) is 6.42. The van der Waals surface area contributed by atoms with E-state index < -0.39 is 0 Å². The van der Waals surface area contributed by atoms with Gasteiger partial charge < -0.3 is 9.64 Å². The lowest BCUT2D eigenvalue weighted by atomic mass is 10.0. The van der Waals surface area contributed by atoms with E-state index in [-0.39, 0.29) is 5.82 Å². The molecule has 26 heavy (non-hydrogen) atoms. The summed E-state index contributed by atoms with van der Waals surface area (Å²) in [7, 11) is 2.10. The molecule has 2 nitrogen and oxygen atoms in total. The van der Waals surface area contributed by atoms with Gasteiger partial charge in [0, 0.05) is 22.2 Å². The van der Waals surface area contributed by atoms with Gasteiger partial charge in [0.05, 0.1) is 6.61 Å². The molecule has 136 valence electrons. The largest absolute Gasteiger partial charge is 0.494 e. The maximum atomic E-state index is 13.1. The van der Waals surface area contributed by atoms with Crippen molar-refractivity contribution in [1.82, 2.24) is 4.90 Å². The Morgan fingerprint density at radius 2 is 1.96 bits per heavy atom. The van der Waals surface area contributed by atoms with Crippen molar-refractivity contribution in [3.8, 4) is 16.9 Å². The van der Waals surface area contributed by atoms with Crippen LogP contribution in [-0.4, -0.2) is 31.6 Å². The smallest absolute Gasteiger partial charge is 0.123 e. The highest BCUT2D eigenvalue weighted by molar-refractivity contribution is 7.17.